The van der Waals surface area contributed by atoms with Crippen LogP contribution in [0.25, 0.3) is 0 Å². The lowest BCUT2D eigenvalue weighted by atomic mass is 10.1. The largest absolute Gasteiger partial charge is 0.464 e. The molecule has 0 saturated carbocycles. The summed E-state index contributed by atoms with van der Waals surface area (Å²) < 4.78 is 42.5. The summed E-state index contributed by atoms with van der Waals surface area (Å²) in [4.78, 5) is 0. The Morgan fingerprint density at radius 2 is 1.76 bits per heavy atom. The molecular weight excluding hydrogens is 299 g/mol. The molecule has 0 saturated heterocycles. The molecule has 2 rings (SSSR count). The Morgan fingerprint density at radius 1 is 1.10 bits per heavy atom. The monoisotopic (exact) mass is 315 g/mol. The first kappa shape index (κ1) is 16.0. The van der Waals surface area contributed by atoms with Crippen LogP contribution in [-0.4, -0.2) is 5.76 Å². The molecule has 0 aliphatic carbocycles. The summed E-state index contributed by atoms with van der Waals surface area (Å²) in [6.45, 7) is 2.45. The van der Waals surface area contributed by atoms with Crippen LogP contribution >= 0.6 is 11.8 Å². The number of hydrogen-bond donors (Lipinski definition) is 1. The second kappa shape index (κ2) is 7.56. The van der Waals surface area contributed by atoms with Crippen molar-refractivity contribution < 1.29 is 17.6 Å². The van der Waals surface area contributed by atoms with Crippen molar-refractivity contribution in [1.82, 2.24) is 5.32 Å². The Kier molecular flexibility index (Phi) is 5.76. The van der Waals surface area contributed by atoms with Gasteiger partial charge in [-0.3, -0.25) is 0 Å². The quantitative estimate of drug-likeness (QED) is 0.800. The number of alkyl halides is 2. The Labute approximate surface area is 125 Å². The van der Waals surface area contributed by atoms with Crippen molar-refractivity contribution in [3.8, 4) is 0 Å². The molecule has 21 heavy (non-hydrogen) atoms. The lowest BCUT2D eigenvalue weighted by molar-refractivity contribution is 0.251. The van der Waals surface area contributed by atoms with Crippen LogP contribution in [-0.2, 0) is 12.3 Å². The van der Waals surface area contributed by atoms with Crippen molar-refractivity contribution in [2.75, 3.05) is 0 Å². The number of benzene rings is 1. The summed E-state index contributed by atoms with van der Waals surface area (Å²) in [5.41, 5.74) is 0.969. The molecule has 1 aromatic carbocycles. The van der Waals surface area contributed by atoms with Gasteiger partial charge in [0.1, 0.15) is 17.3 Å². The fourth-order valence-corrected chi connectivity index (χ4v) is 2.31. The number of halogens is 3. The van der Waals surface area contributed by atoms with Crippen LogP contribution in [0, 0.1) is 5.82 Å². The minimum Gasteiger partial charge on any atom is -0.464 e. The molecule has 6 heteroatoms. The average Bonchev–Trinajstić information content (AvgIpc) is 2.91. The van der Waals surface area contributed by atoms with Gasteiger partial charge in [0.15, 0.2) is 0 Å². The average molecular weight is 315 g/mol. The van der Waals surface area contributed by atoms with Gasteiger partial charge in [0, 0.05) is 6.04 Å². The van der Waals surface area contributed by atoms with Crippen LogP contribution in [0.5, 0.6) is 0 Å². The zero-order chi connectivity index (χ0) is 15.2. The van der Waals surface area contributed by atoms with Gasteiger partial charge in [-0.15, -0.1) is 0 Å². The van der Waals surface area contributed by atoms with Crippen molar-refractivity contribution in [3.05, 3.63) is 59.3 Å². The van der Waals surface area contributed by atoms with Gasteiger partial charge in [-0.1, -0.05) is 23.9 Å². The SMILES string of the molecule is C[C@H](NCc1ccc(CSC(F)F)o1)c1ccc(F)cc1. The minimum atomic E-state index is -2.39. The Bertz CT molecular complexity index is 556. The van der Waals surface area contributed by atoms with E-state index in [4.69, 9.17) is 4.42 Å². The molecule has 1 N–H and O–H groups in total. The summed E-state index contributed by atoms with van der Waals surface area (Å²) in [6.07, 6.45) is 0. The second-order valence-corrected chi connectivity index (χ2v) is 5.57. The zero-order valence-electron chi connectivity index (χ0n) is 11.5. The fourth-order valence-electron chi connectivity index (χ4n) is 1.86. The first-order valence-electron chi connectivity index (χ1n) is 6.51. The summed E-state index contributed by atoms with van der Waals surface area (Å²) in [7, 11) is 0. The van der Waals surface area contributed by atoms with E-state index in [0.29, 0.717) is 29.8 Å². The number of nitrogens with one attached hydrogen (secondary N) is 1. The standard InChI is InChI=1S/C15H16F3NOS/c1-10(11-2-4-12(16)5-3-11)19-8-13-6-7-14(20-13)9-21-15(17)18/h2-7,10,15,19H,8-9H2,1H3/t10-/m0/s1. The molecule has 0 aliphatic rings. The Morgan fingerprint density at radius 3 is 2.43 bits per heavy atom. The Balaban J connectivity index is 1.83. The van der Waals surface area contributed by atoms with Crippen LogP contribution in [0.2, 0.25) is 0 Å². The van der Waals surface area contributed by atoms with E-state index >= 15 is 0 Å². The van der Waals surface area contributed by atoms with E-state index in [9.17, 15) is 13.2 Å². The molecule has 2 aromatic rings. The smallest absolute Gasteiger partial charge is 0.284 e. The minimum absolute atomic E-state index is 0.0367. The highest BCUT2D eigenvalue weighted by atomic mass is 32.2. The molecule has 0 unspecified atom stereocenters. The summed E-state index contributed by atoms with van der Waals surface area (Å²) >= 11 is 0.537. The zero-order valence-corrected chi connectivity index (χ0v) is 12.3. The van der Waals surface area contributed by atoms with Gasteiger partial charge in [0.2, 0.25) is 0 Å². The third-order valence-electron chi connectivity index (χ3n) is 3.02. The van der Waals surface area contributed by atoms with E-state index in [1.807, 2.05) is 6.92 Å². The van der Waals surface area contributed by atoms with Crippen LogP contribution in [0.4, 0.5) is 13.2 Å². The maximum Gasteiger partial charge on any atom is 0.284 e. The summed E-state index contributed by atoms with van der Waals surface area (Å²) in [5, 5.41) is 3.24. The third-order valence-corrected chi connectivity index (χ3v) is 3.72. The van der Waals surface area contributed by atoms with E-state index < -0.39 is 5.76 Å². The Hall–Kier alpha value is -1.40. The molecule has 1 heterocycles. The van der Waals surface area contributed by atoms with Gasteiger partial charge in [0.05, 0.1) is 12.3 Å². The second-order valence-electron chi connectivity index (χ2n) is 4.59. The molecular formula is C15H16F3NOS. The molecule has 0 aliphatic heterocycles. The number of thioether (sulfide) groups is 1. The van der Waals surface area contributed by atoms with Crippen molar-refractivity contribution in [3.63, 3.8) is 0 Å². The van der Waals surface area contributed by atoms with Crippen molar-refractivity contribution in [2.45, 2.75) is 31.0 Å². The van der Waals surface area contributed by atoms with Crippen LogP contribution in [0.1, 0.15) is 30.0 Å². The first-order valence-corrected chi connectivity index (χ1v) is 7.55. The van der Waals surface area contributed by atoms with Crippen LogP contribution in [0.3, 0.4) is 0 Å². The molecule has 0 spiro atoms. The molecule has 1 atom stereocenters. The lowest BCUT2D eigenvalue weighted by Gasteiger charge is -2.13. The molecule has 0 amide bonds. The van der Waals surface area contributed by atoms with Crippen molar-refractivity contribution >= 4 is 11.8 Å². The number of hydrogen-bond acceptors (Lipinski definition) is 3. The van der Waals surface area contributed by atoms with Gasteiger partial charge in [-0.25, -0.2) is 4.39 Å². The normalized spacial score (nSPS) is 12.8. The summed E-state index contributed by atoms with van der Waals surface area (Å²) in [6, 6.07) is 9.79. The highest BCUT2D eigenvalue weighted by Gasteiger charge is 2.09. The van der Waals surface area contributed by atoms with Crippen molar-refractivity contribution in [2.24, 2.45) is 0 Å². The third kappa shape index (κ3) is 5.13. The van der Waals surface area contributed by atoms with Crippen LogP contribution in [0.15, 0.2) is 40.8 Å². The van der Waals surface area contributed by atoms with Crippen LogP contribution < -0.4 is 5.32 Å². The first-order chi connectivity index (χ1) is 10.0. The topological polar surface area (TPSA) is 25.2 Å². The molecule has 1 aromatic heterocycles. The maximum atomic E-state index is 12.8. The van der Waals surface area contributed by atoms with Gasteiger partial charge >= 0.3 is 0 Å². The summed E-state index contributed by atoms with van der Waals surface area (Å²) in [5.74, 6) is -1.28. The van der Waals surface area contributed by atoms with Gasteiger partial charge in [-0.2, -0.15) is 8.78 Å². The fraction of sp³-hybridized carbons (Fsp3) is 0.333. The molecule has 0 bridgehead atoms. The van der Waals surface area contributed by atoms with E-state index in [0.717, 1.165) is 5.56 Å². The van der Waals surface area contributed by atoms with E-state index in [-0.39, 0.29) is 17.6 Å². The molecule has 114 valence electrons. The van der Waals surface area contributed by atoms with E-state index in [1.165, 1.54) is 12.1 Å². The number of rotatable bonds is 7. The molecule has 0 radical (unpaired) electrons. The predicted molar refractivity (Wildman–Crippen MR) is 77.7 cm³/mol. The molecule has 0 fully saturated rings. The van der Waals surface area contributed by atoms with Gasteiger partial charge in [-0.05, 0) is 36.8 Å². The highest BCUT2D eigenvalue weighted by molar-refractivity contribution is 7.98. The van der Waals surface area contributed by atoms with Crippen molar-refractivity contribution in [1.29, 1.82) is 0 Å². The molecule has 2 nitrogen and oxygen atoms in total. The van der Waals surface area contributed by atoms with Gasteiger partial charge < -0.3 is 9.73 Å². The maximum absolute atomic E-state index is 12.8. The predicted octanol–water partition coefficient (Wildman–Crippen LogP) is 4.73. The van der Waals surface area contributed by atoms with E-state index in [1.54, 1.807) is 24.3 Å². The number of furan rings is 1. The van der Waals surface area contributed by atoms with E-state index in [2.05, 4.69) is 5.32 Å². The van der Waals surface area contributed by atoms with Gasteiger partial charge in [0.25, 0.3) is 5.76 Å². The lowest BCUT2D eigenvalue weighted by Crippen LogP contribution is -2.17. The highest BCUT2D eigenvalue weighted by Crippen LogP contribution is 2.21.